The minimum Gasteiger partial charge on any atom is -0.322 e. The Balaban J connectivity index is 2.32. The summed E-state index contributed by atoms with van der Waals surface area (Å²) in [7, 11) is 0. The van der Waals surface area contributed by atoms with Crippen LogP contribution in [0.15, 0.2) is 34.8 Å². The predicted octanol–water partition coefficient (Wildman–Crippen LogP) is 4.60. The van der Waals surface area contributed by atoms with E-state index < -0.39 is 17.5 Å². The highest BCUT2D eigenvalue weighted by Crippen LogP contribution is 2.24. The summed E-state index contributed by atoms with van der Waals surface area (Å²) in [5, 5.41) is 2.52. The van der Waals surface area contributed by atoms with Crippen molar-refractivity contribution in [1.29, 1.82) is 0 Å². The molecule has 1 N–H and O–H groups in total. The van der Waals surface area contributed by atoms with Crippen molar-refractivity contribution >= 4 is 27.5 Å². The lowest BCUT2D eigenvalue weighted by Gasteiger charge is -2.10. The summed E-state index contributed by atoms with van der Waals surface area (Å²) in [6, 6.07) is 7.02. The van der Waals surface area contributed by atoms with Gasteiger partial charge in [-0.2, -0.15) is 0 Å². The Bertz CT molecular complexity index is 686. The second-order valence-corrected chi connectivity index (χ2v) is 5.37. The van der Waals surface area contributed by atoms with E-state index in [2.05, 4.69) is 21.2 Å². The van der Waals surface area contributed by atoms with Gasteiger partial charge in [0.05, 0.1) is 10.0 Å². The lowest BCUT2D eigenvalue weighted by atomic mass is 10.1. The molecule has 104 valence electrons. The van der Waals surface area contributed by atoms with E-state index in [1.54, 1.807) is 26.0 Å². The molecule has 2 aromatic carbocycles. The van der Waals surface area contributed by atoms with Crippen LogP contribution in [0.2, 0.25) is 0 Å². The molecule has 0 aromatic heterocycles. The molecule has 0 aliphatic carbocycles. The summed E-state index contributed by atoms with van der Waals surface area (Å²) < 4.78 is 27.4. The average molecular weight is 340 g/mol. The van der Waals surface area contributed by atoms with Crippen molar-refractivity contribution in [2.75, 3.05) is 5.32 Å². The normalized spacial score (nSPS) is 10.4. The number of nitrogens with one attached hydrogen (secondary N) is 1. The first-order valence-electron chi connectivity index (χ1n) is 5.91. The van der Waals surface area contributed by atoms with Crippen LogP contribution in [0.3, 0.4) is 0 Å². The molecule has 0 saturated heterocycles. The van der Waals surface area contributed by atoms with Gasteiger partial charge in [0.2, 0.25) is 0 Å². The maximum absolute atomic E-state index is 13.6. The number of benzene rings is 2. The van der Waals surface area contributed by atoms with E-state index in [0.29, 0.717) is 15.7 Å². The van der Waals surface area contributed by atoms with Gasteiger partial charge in [-0.3, -0.25) is 4.79 Å². The molecule has 0 aliphatic rings. The van der Waals surface area contributed by atoms with E-state index in [4.69, 9.17) is 0 Å². The number of carbonyl (C=O) groups excluding carboxylic acids is 1. The van der Waals surface area contributed by atoms with Crippen LogP contribution in [0.1, 0.15) is 21.5 Å². The van der Waals surface area contributed by atoms with Crippen LogP contribution in [-0.4, -0.2) is 5.91 Å². The van der Waals surface area contributed by atoms with Crippen LogP contribution < -0.4 is 5.32 Å². The van der Waals surface area contributed by atoms with Crippen molar-refractivity contribution < 1.29 is 13.6 Å². The first-order chi connectivity index (χ1) is 9.38. The zero-order valence-electron chi connectivity index (χ0n) is 10.9. The van der Waals surface area contributed by atoms with Gasteiger partial charge in [-0.15, -0.1) is 0 Å². The second kappa shape index (κ2) is 5.71. The largest absolute Gasteiger partial charge is 0.322 e. The van der Waals surface area contributed by atoms with Gasteiger partial charge < -0.3 is 5.32 Å². The fraction of sp³-hybridized carbons (Fsp3) is 0.133. The number of carbonyl (C=O) groups is 1. The Morgan fingerprint density at radius 1 is 1.10 bits per heavy atom. The molecule has 0 heterocycles. The first kappa shape index (κ1) is 14.7. The van der Waals surface area contributed by atoms with E-state index in [9.17, 15) is 13.6 Å². The van der Waals surface area contributed by atoms with Gasteiger partial charge in [0.15, 0.2) is 0 Å². The molecule has 0 saturated carbocycles. The second-order valence-electron chi connectivity index (χ2n) is 4.52. The fourth-order valence-corrected chi connectivity index (χ4v) is 2.24. The topological polar surface area (TPSA) is 29.1 Å². The number of hydrogen-bond donors (Lipinski definition) is 1. The molecule has 0 radical (unpaired) electrons. The third-order valence-electron chi connectivity index (χ3n) is 2.88. The smallest absolute Gasteiger partial charge is 0.258 e. The van der Waals surface area contributed by atoms with E-state index in [1.165, 1.54) is 18.2 Å². The molecule has 1 amide bonds. The maximum Gasteiger partial charge on any atom is 0.258 e. The van der Waals surface area contributed by atoms with Crippen LogP contribution in [0.4, 0.5) is 14.5 Å². The molecule has 20 heavy (non-hydrogen) atoms. The number of hydrogen-bond acceptors (Lipinski definition) is 1. The number of amides is 1. The minimum atomic E-state index is -0.608. The van der Waals surface area contributed by atoms with Gasteiger partial charge in [0, 0.05) is 5.69 Å². The Morgan fingerprint density at radius 3 is 2.50 bits per heavy atom. The van der Waals surface area contributed by atoms with Crippen LogP contribution in [-0.2, 0) is 0 Å². The maximum atomic E-state index is 13.6. The van der Waals surface area contributed by atoms with E-state index in [1.807, 2.05) is 0 Å². The van der Waals surface area contributed by atoms with Gasteiger partial charge in [-0.1, -0.05) is 11.6 Å². The van der Waals surface area contributed by atoms with E-state index in [-0.39, 0.29) is 5.56 Å². The summed E-state index contributed by atoms with van der Waals surface area (Å²) in [5.74, 6) is -1.70. The summed E-state index contributed by atoms with van der Waals surface area (Å²) in [6.45, 7) is 3.49. The number of anilines is 1. The third-order valence-corrected chi connectivity index (χ3v) is 3.49. The first-order valence-corrected chi connectivity index (χ1v) is 6.71. The quantitative estimate of drug-likeness (QED) is 0.851. The Kier molecular flexibility index (Phi) is 4.18. The molecule has 2 aromatic rings. The predicted molar refractivity (Wildman–Crippen MR) is 77.9 cm³/mol. The zero-order valence-corrected chi connectivity index (χ0v) is 12.5. The van der Waals surface area contributed by atoms with Crippen LogP contribution >= 0.6 is 15.9 Å². The summed E-state index contributed by atoms with van der Waals surface area (Å²) in [5.41, 5.74) is 1.71. The molecular formula is C15H12BrF2NO. The summed E-state index contributed by atoms with van der Waals surface area (Å²) >= 11 is 3.06. The molecule has 0 bridgehead atoms. The molecule has 2 rings (SSSR count). The highest BCUT2D eigenvalue weighted by atomic mass is 79.9. The molecule has 0 fully saturated rings. The molecule has 0 atom stereocenters. The highest BCUT2D eigenvalue weighted by molar-refractivity contribution is 9.10. The van der Waals surface area contributed by atoms with E-state index >= 15 is 0 Å². The lowest BCUT2D eigenvalue weighted by molar-refractivity contribution is 0.102. The van der Waals surface area contributed by atoms with Gasteiger partial charge in [0.1, 0.15) is 11.6 Å². The Hall–Kier alpha value is -1.75. The number of rotatable bonds is 2. The SMILES string of the molecule is Cc1ccc(F)c(C(=O)Nc2cc(F)c(Br)cc2C)c1. The fourth-order valence-electron chi connectivity index (χ4n) is 1.78. The standard InChI is InChI=1S/C15H12BrF2NO/c1-8-3-4-12(17)10(5-8)15(20)19-14-7-13(18)11(16)6-9(14)2/h3-7H,1-2H3,(H,19,20). The Labute approximate surface area is 123 Å². The summed E-state index contributed by atoms with van der Waals surface area (Å²) in [4.78, 5) is 12.1. The monoisotopic (exact) mass is 339 g/mol. The summed E-state index contributed by atoms with van der Waals surface area (Å²) in [6.07, 6.45) is 0. The van der Waals surface area contributed by atoms with E-state index in [0.717, 1.165) is 5.56 Å². The molecule has 5 heteroatoms. The van der Waals surface area contributed by atoms with Crippen molar-refractivity contribution in [2.45, 2.75) is 13.8 Å². The number of aryl methyl sites for hydroxylation is 2. The van der Waals surface area contributed by atoms with Crippen molar-refractivity contribution in [1.82, 2.24) is 0 Å². The lowest BCUT2D eigenvalue weighted by Crippen LogP contribution is -2.15. The van der Waals surface area contributed by atoms with Gasteiger partial charge in [0.25, 0.3) is 5.91 Å². The molecule has 2 nitrogen and oxygen atoms in total. The zero-order chi connectivity index (χ0) is 14.9. The van der Waals surface area contributed by atoms with Gasteiger partial charge in [-0.25, -0.2) is 8.78 Å². The van der Waals surface area contributed by atoms with Crippen molar-refractivity contribution in [3.8, 4) is 0 Å². The average Bonchev–Trinajstić information content (AvgIpc) is 2.38. The van der Waals surface area contributed by atoms with Crippen LogP contribution in [0.5, 0.6) is 0 Å². The highest BCUT2D eigenvalue weighted by Gasteiger charge is 2.14. The van der Waals surface area contributed by atoms with Gasteiger partial charge in [-0.05, 0) is 59.6 Å². The molecule has 0 unspecified atom stereocenters. The van der Waals surface area contributed by atoms with Crippen molar-refractivity contribution in [3.05, 3.63) is 63.1 Å². The number of halogens is 3. The molecule has 0 spiro atoms. The van der Waals surface area contributed by atoms with Crippen molar-refractivity contribution in [2.24, 2.45) is 0 Å². The van der Waals surface area contributed by atoms with Crippen LogP contribution in [0.25, 0.3) is 0 Å². The molecule has 0 aliphatic heterocycles. The molecular weight excluding hydrogens is 328 g/mol. The third kappa shape index (κ3) is 3.04. The van der Waals surface area contributed by atoms with Crippen LogP contribution in [0, 0.1) is 25.5 Å². The minimum absolute atomic E-state index is 0.0623. The van der Waals surface area contributed by atoms with Gasteiger partial charge >= 0.3 is 0 Å². The Morgan fingerprint density at radius 2 is 1.80 bits per heavy atom. The van der Waals surface area contributed by atoms with Crippen molar-refractivity contribution in [3.63, 3.8) is 0 Å².